The topological polar surface area (TPSA) is 64.9 Å². The molecule has 1 atom stereocenters. The minimum atomic E-state index is -0.290. The minimum absolute atomic E-state index is 0.230. The van der Waals surface area contributed by atoms with Gasteiger partial charge in [-0.2, -0.15) is 4.98 Å². The van der Waals surface area contributed by atoms with Gasteiger partial charge in [0.15, 0.2) is 0 Å². The fraction of sp³-hybridized carbons (Fsp3) is 0.385. The van der Waals surface area contributed by atoms with Gasteiger partial charge in [0.05, 0.1) is 6.04 Å². The highest BCUT2D eigenvalue weighted by atomic mass is 19.1. The normalized spacial score (nSPS) is 12.6. The molecule has 0 saturated heterocycles. The zero-order valence-electron chi connectivity index (χ0n) is 10.3. The van der Waals surface area contributed by atoms with Crippen molar-refractivity contribution in [1.82, 2.24) is 10.1 Å². The van der Waals surface area contributed by atoms with Crippen LogP contribution in [0.3, 0.4) is 0 Å². The summed E-state index contributed by atoms with van der Waals surface area (Å²) in [5, 5.41) is 3.86. The van der Waals surface area contributed by atoms with Crippen molar-refractivity contribution in [2.45, 2.75) is 32.2 Å². The molecule has 2 rings (SSSR count). The number of hydrogen-bond donors (Lipinski definition) is 1. The number of hydrogen-bond acceptors (Lipinski definition) is 4. The summed E-state index contributed by atoms with van der Waals surface area (Å²) in [7, 11) is 0. The van der Waals surface area contributed by atoms with Crippen LogP contribution in [0.15, 0.2) is 28.8 Å². The van der Waals surface area contributed by atoms with Crippen LogP contribution in [0.5, 0.6) is 0 Å². The smallest absolute Gasteiger partial charge is 0.243 e. The molecule has 1 aromatic heterocycles. The van der Waals surface area contributed by atoms with Crippen LogP contribution in [0.1, 0.15) is 38.1 Å². The number of halogens is 1. The molecule has 4 nitrogen and oxygen atoms in total. The molecule has 0 saturated carbocycles. The van der Waals surface area contributed by atoms with E-state index in [1.54, 1.807) is 12.1 Å². The molecule has 1 aromatic carbocycles. The molecular formula is C13H16FN3O. The SMILES string of the molecule is CCCCC(N)c1nc(-c2ccc(F)cc2)no1. The molecule has 0 aliphatic heterocycles. The molecule has 0 spiro atoms. The molecule has 2 aromatic rings. The van der Waals surface area contributed by atoms with Crippen LogP contribution in [-0.2, 0) is 0 Å². The van der Waals surface area contributed by atoms with Crippen LogP contribution in [0.2, 0.25) is 0 Å². The zero-order valence-corrected chi connectivity index (χ0v) is 10.3. The number of aromatic nitrogens is 2. The molecule has 0 bridgehead atoms. The number of unbranched alkanes of at least 4 members (excludes halogenated alkanes) is 1. The lowest BCUT2D eigenvalue weighted by Crippen LogP contribution is -2.10. The molecule has 96 valence electrons. The molecular weight excluding hydrogens is 233 g/mol. The predicted molar refractivity (Wildman–Crippen MR) is 66.1 cm³/mol. The van der Waals surface area contributed by atoms with E-state index in [1.807, 2.05) is 0 Å². The minimum Gasteiger partial charge on any atom is -0.337 e. The lowest BCUT2D eigenvalue weighted by Gasteiger charge is -2.03. The van der Waals surface area contributed by atoms with Gasteiger partial charge in [0, 0.05) is 5.56 Å². The van der Waals surface area contributed by atoms with Crippen LogP contribution in [0.25, 0.3) is 11.4 Å². The maximum Gasteiger partial charge on any atom is 0.243 e. The Morgan fingerprint density at radius 2 is 2.06 bits per heavy atom. The monoisotopic (exact) mass is 249 g/mol. The van der Waals surface area contributed by atoms with E-state index in [2.05, 4.69) is 17.1 Å². The number of nitrogens with zero attached hydrogens (tertiary/aromatic N) is 2. The fourth-order valence-electron chi connectivity index (χ4n) is 1.65. The van der Waals surface area contributed by atoms with Crippen molar-refractivity contribution < 1.29 is 8.91 Å². The second-order valence-corrected chi connectivity index (χ2v) is 4.21. The maximum absolute atomic E-state index is 12.8. The van der Waals surface area contributed by atoms with Crippen LogP contribution < -0.4 is 5.73 Å². The third-order valence-corrected chi connectivity index (χ3v) is 2.73. The second-order valence-electron chi connectivity index (χ2n) is 4.21. The van der Waals surface area contributed by atoms with Crippen molar-refractivity contribution in [2.24, 2.45) is 5.73 Å². The number of benzene rings is 1. The Bertz CT molecular complexity index is 495. The Hall–Kier alpha value is -1.75. The van der Waals surface area contributed by atoms with Crippen LogP contribution in [0.4, 0.5) is 4.39 Å². The summed E-state index contributed by atoms with van der Waals surface area (Å²) in [6, 6.07) is 5.72. The Balaban J connectivity index is 2.12. The van der Waals surface area contributed by atoms with E-state index in [1.165, 1.54) is 12.1 Å². The van der Waals surface area contributed by atoms with Gasteiger partial charge in [-0.15, -0.1) is 0 Å². The number of rotatable bonds is 5. The molecule has 0 aliphatic carbocycles. The highest BCUT2D eigenvalue weighted by Crippen LogP contribution is 2.20. The first-order chi connectivity index (χ1) is 8.70. The average molecular weight is 249 g/mol. The highest BCUT2D eigenvalue weighted by molar-refractivity contribution is 5.53. The molecule has 5 heteroatoms. The van der Waals surface area contributed by atoms with Crippen LogP contribution in [0, 0.1) is 5.82 Å². The van der Waals surface area contributed by atoms with Crippen molar-refractivity contribution in [3.8, 4) is 11.4 Å². The van der Waals surface area contributed by atoms with Crippen molar-refractivity contribution in [2.75, 3.05) is 0 Å². The molecule has 0 fully saturated rings. The van der Waals surface area contributed by atoms with E-state index in [0.717, 1.165) is 19.3 Å². The van der Waals surface area contributed by atoms with E-state index in [-0.39, 0.29) is 11.9 Å². The summed E-state index contributed by atoms with van der Waals surface area (Å²) < 4.78 is 17.9. The van der Waals surface area contributed by atoms with Gasteiger partial charge in [0.25, 0.3) is 0 Å². The van der Waals surface area contributed by atoms with Gasteiger partial charge in [-0.05, 0) is 30.7 Å². The van der Waals surface area contributed by atoms with E-state index < -0.39 is 0 Å². The lowest BCUT2D eigenvalue weighted by molar-refractivity contribution is 0.346. The molecule has 0 amide bonds. The third kappa shape index (κ3) is 2.92. The lowest BCUT2D eigenvalue weighted by atomic mass is 10.1. The predicted octanol–water partition coefficient (Wildman–Crippen LogP) is 3.07. The Kier molecular flexibility index (Phi) is 4.04. The average Bonchev–Trinajstić information content (AvgIpc) is 2.86. The highest BCUT2D eigenvalue weighted by Gasteiger charge is 2.15. The van der Waals surface area contributed by atoms with Gasteiger partial charge in [0.1, 0.15) is 5.82 Å². The largest absolute Gasteiger partial charge is 0.337 e. The van der Waals surface area contributed by atoms with Gasteiger partial charge >= 0.3 is 0 Å². The van der Waals surface area contributed by atoms with E-state index in [4.69, 9.17) is 10.3 Å². The van der Waals surface area contributed by atoms with Gasteiger partial charge < -0.3 is 10.3 Å². The van der Waals surface area contributed by atoms with Crippen LogP contribution >= 0.6 is 0 Å². The van der Waals surface area contributed by atoms with Gasteiger partial charge in [-0.25, -0.2) is 4.39 Å². The maximum atomic E-state index is 12.8. The Morgan fingerprint density at radius 1 is 1.33 bits per heavy atom. The Labute approximate surface area is 105 Å². The third-order valence-electron chi connectivity index (χ3n) is 2.73. The first kappa shape index (κ1) is 12.7. The van der Waals surface area contributed by atoms with Crippen molar-refractivity contribution >= 4 is 0 Å². The second kappa shape index (κ2) is 5.73. The van der Waals surface area contributed by atoms with Gasteiger partial charge in [-0.3, -0.25) is 0 Å². The molecule has 0 radical (unpaired) electrons. The van der Waals surface area contributed by atoms with Crippen molar-refractivity contribution in [3.63, 3.8) is 0 Å². The Morgan fingerprint density at radius 3 is 2.72 bits per heavy atom. The first-order valence-electron chi connectivity index (χ1n) is 6.06. The summed E-state index contributed by atoms with van der Waals surface area (Å²) in [6.45, 7) is 2.10. The molecule has 18 heavy (non-hydrogen) atoms. The zero-order chi connectivity index (χ0) is 13.0. The van der Waals surface area contributed by atoms with E-state index >= 15 is 0 Å². The molecule has 2 N–H and O–H groups in total. The summed E-state index contributed by atoms with van der Waals surface area (Å²) in [5.74, 6) is 0.585. The van der Waals surface area contributed by atoms with E-state index in [0.29, 0.717) is 17.3 Å². The summed E-state index contributed by atoms with van der Waals surface area (Å²) in [4.78, 5) is 4.24. The first-order valence-corrected chi connectivity index (χ1v) is 6.06. The fourth-order valence-corrected chi connectivity index (χ4v) is 1.65. The summed E-state index contributed by atoms with van der Waals surface area (Å²) in [6.07, 6.45) is 2.92. The van der Waals surface area contributed by atoms with Crippen LogP contribution in [-0.4, -0.2) is 10.1 Å². The quantitative estimate of drug-likeness (QED) is 0.884. The molecule has 0 aliphatic rings. The summed E-state index contributed by atoms with van der Waals surface area (Å²) in [5.41, 5.74) is 6.66. The van der Waals surface area contributed by atoms with E-state index in [9.17, 15) is 4.39 Å². The molecule has 1 heterocycles. The number of nitrogens with two attached hydrogens (primary N) is 1. The van der Waals surface area contributed by atoms with Gasteiger partial charge in [-0.1, -0.05) is 24.9 Å². The van der Waals surface area contributed by atoms with Crippen molar-refractivity contribution in [1.29, 1.82) is 0 Å². The summed E-state index contributed by atoms with van der Waals surface area (Å²) >= 11 is 0. The standard InChI is InChI=1S/C13H16FN3O/c1-2-3-4-11(15)13-16-12(17-18-13)9-5-7-10(14)8-6-9/h5-8,11H,2-4,15H2,1H3. The molecule has 1 unspecified atom stereocenters. The van der Waals surface area contributed by atoms with Crippen molar-refractivity contribution in [3.05, 3.63) is 36.0 Å². The van der Waals surface area contributed by atoms with Gasteiger partial charge in [0.2, 0.25) is 11.7 Å².